The molecule has 1 aliphatic carbocycles. The minimum absolute atomic E-state index is 0.683. The van der Waals surface area contributed by atoms with E-state index in [-0.39, 0.29) is 0 Å². The van der Waals surface area contributed by atoms with Gasteiger partial charge in [0.25, 0.3) is 0 Å². The molecule has 0 aromatic carbocycles. The first-order valence-electron chi connectivity index (χ1n) is 8.70. The van der Waals surface area contributed by atoms with Crippen LogP contribution in [-0.4, -0.2) is 61.2 Å². The van der Waals surface area contributed by atoms with Crippen LogP contribution in [0, 0.1) is 5.92 Å². The average molecular weight is 281 g/mol. The van der Waals surface area contributed by atoms with Gasteiger partial charge in [-0.05, 0) is 53.1 Å². The molecule has 0 radical (unpaired) electrons. The third-order valence-electron chi connectivity index (χ3n) is 5.85. The molecule has 0 spiro atoms. The van der Waals surface area contributed by atoms with Crippen molar-refractivity contribution in [2.45, 2.75) is 77.0 Å². The van der Waals surface area contributed by atoms with E-state index in [1.807, 2.05) is 0 Å². The lowest BCUT2D eigenvalue weighted by molar-refractivity contribution is 0.00428. The van der Waals surface area contributed by atoms with E-state index in [4.69, 9.17) is 0 Å². The van der Waals surface area contributed by atoms with Crippen molar-refractivity contribution in [1.29, 1.82) is 0 Å². The molecule has 2 rings (SSSR count). The van der Waals surface area contributed by atoms with Gasteiger partial charge in [-0.2, -0.15) is 0 Å². The van der Waals surface area contributed by atoms with Gasteiger partial charge in [0.15, 0.2) is 0 Å². The normalized spacial score (nSPS) is 41.0. The summed E-state index contributed by atoms with van der Waals surface area (Å²) < 4.78 is 0. The molecule has 0 bridgehead atoms. The summed E-state index contributed by atoms with van der Waals surface area (Å²) in [5, 5.41) is 3.60. The summed E-state index contributed by atoms with van der Waals surface area (Å²) in [5.74, 6) is 0.958. The number of nitrogens with zero attached hydrogens (tertiary/aromatic N) is 2. The fraction of sp³-hybridized carbons (Fsp3) is 1.00. The first kappa shape index (κ1) is 16.3. The maximum atomic E-state index is 3.60. The SMILES string of the molecule is CCCC1CCC(NC)C(N2CC(C)N(C)C(C)C2)C1. The van der Waals surface area contributed by atoms with Crippen molar-refractivity contribution >= 4 is 0 Å². The van der Waals surface area contributed by atoms with E-state index in [9.17, 15) is 0 Å². The average Bonchev–Trinajstić information content (AvgIpc) is 2.44. The van der Waals surface area contributed by atoms with Crippen LogP contribution in [0.2, 0.25) is 0 Å². The second-order valence-electron chi connectivity index (χ2n) is 7.25. The molecule has 2 aliphatic rings. The maximum Gasteiger partial charge on any atom is 0.0253 e. The van der Waals surface area contributed by atoms with Gasteiger partial charge in [0.2, 0.25) is 0 Å². The minimum Gasteiger partial charge on any atom is -0.315 e. The maximum absolute atomic E-state index is 3.60. The van der Waals surface area contributed by atoms with Crippen LogP contribution in [-0.2, 0) is 0 Å². The number of rotatable bonds is 4. The van der Waals surface area contributed by atoms with E-state index in [2.05, 4.69) is 50.0 Å². The van der Waals surface area contributed by atoms with E-state index in [1.165, 1.54) is 45.2 Å². The summed E-state index contributed by atoms with van der Waals surface area (Å²) in [4.78, 5) is 5.33. The Morgan fingerprint density at radius 1 is 1.10 bits per heavy atom. The molecule has 2 fully saturated rings. The third-order valence-corrected chi connectivity index (χ3v) is 5.85. The van der Waals surface area contributed by atoms with Crippen molar-refractivity contribution in [2.75, 3.05) is 27.2 Å². The molecule has 3 heteroatoms. The molecular formula is C17H35N3. The predicted molar refractivity (Wildman–Crippen MR) is 87.1 cm³/mol. The van der Waals surface area contributed by atoms with E-state index in [0.29, 0.717) is 18.1 Å². The summed E-state index contributed by atoms with van der Waals surface area (Å²) >= 11 is 0. The summed E-state index contributed by atoms with van der Waals surface area (Å²) in [7, 11) is 4.43. The molecule has 1 heterocycles. The zero-order valence-corrected chi connectivity index (χ0v) is 14.2. The summed E-state index contributed by atoms with van der Waals surface area (Å²) in [5.41, 5.74) is 0. The topological polar surface area (TPSA) is 18.5 Å². The Bertz CT molecular complexity index is 282. The summed E-state index contributed by atoms with van der Waals surface area (Å²) in [6.45, 7) is 9.57. The Hall–Kier alpha value is -0.120. The summed E-state index contributed by atoms with van der Waals surface area (Å²) in [6.07, 6.45) is 6.96. The van der Waals surface area contributed by atoms with Gasteiger partial charge in [0, 0.05) is 37.3 Å². The van der Waals surface area contributed by atoms with Gasteiger partial charge in [-0.3, -0.25) is 9.80 Å². The van der Waals surface area contributed by atoms with Crippen LogP contribution >= 0.6 is 0 Å². The van der Waals surface area contributed by atoms with Crippen molar-refractivity contribution in [3.8, 4) is 0 Å². The van der Waals surface area contributed by atoms with Crippen molar-refractivity contribution < 1.29 is 0 Å². The van der Waals surface area contributed by atoms with Crippen LogP contribution in [0.4, 0.5) is 0 Å². The molecule has 1 saturated heterocycles. The monoisotopic (exact) mass is 281 g/mol. The van der Waals surface area contributed by atoms with Gasteiger partial charge in [0.05, 0.1) is 0 Å². The zero-order valence-electron chi connectivity index (χ0n) is 14.2. The number of hydrogen-bond acceptors (Lipinski definition) is 3. The summed E-state index contributed by atoms with van der Waals surface area (Å²) in [6, 6.07) is 2.82. The van der Waals surface area contributed by atoms with Crippen molar-refractivity contribution in [1.82, 2.24) is 15.1 Å². The Kier molecular flexibility index (Phi) is 5.88. The first-order valence-corrected chi connectivity index (χ1v) is 8.70. The standard InChI is InChI=1S/C17H35N3/c1-6-7-15-8-9-16(18-4)17(10-15)20-11-13(2)19(5)14(3)12-20/h13-18H,6-12H2,1-5H3. The zero-order chi connectivity index (χ0) is 14.7. The fourth-order valence-electron chi connectivity index (χ4n) is 4.36. The van der Waals surface area contributed by atoms with Gasteiger partial charge < -0.3 is 5.32 Å². The highest BCUT2D eigenvalue weighted by Crippen LogP contribution is 2.32. The smallest absolute Gasteiger partial charge is 0.0253 e. The predicted octanol–water partition coefficient (Wildman–Crippen LogP) is 2.57. The molecule has 0 aromatic rings. The Balaban J connectivity index is 2.02. The lowest BCUT2D eigenvalue weighted by Gasteiger charge is -2.50. The van der Waals surface area contributed by atoms with Gasteiger partial charge in [-0.15, -0.1) is 0 Å². The van der Waals surface area contributed by atoms with Crippen LogP contribution in [0.5, 0.6) is 0 Å². The van der Waals surface area contributed by atoms with E-state index >= 15 is 0 Å². The molecule has 20 heavy (non-hydrogen) atoms. The van der Waals surface area contributed by atoms with E-state index in [0.717, 1.165) is 12.0 Å². The molecule has 118 valence electrons. The first-order chi connectivity index (χ1) is 9.56. The van der Waals surface area contributed by atoms with Crippen LogP contribution in [0.25, 0.3) is 0 Å². The highest BCUT2D eigenvalue weighted by atomic mass is 15.3. The molecule has 5 atom stereocenters. The second-order valence-corrected chi connectivity index (χ2v) is 7.25. The molecule has 5 unspecified atom stereocenters. The molecule has 0 aromatic heterocycles. The fourth-order valence-corrected chi connectivity index (χ4v) is 4.36. The van der Waals surface area contributed by atoms with Gasteiger partial charge >= 0.3 is 0 Å². The quantitative estimate of drug-likeness (QED) is 0.854. The Morgan fingerprint density at radius 2 is 1.75 bits per heavy atom. The molecule has 1 N–H and O–H groups in total. The largest absolute Gasteiger partial charge is 0.315 e. The molecular weight excluding hydrogens is 246 g/mol. The highest BCUT2D eigenvalue weighted by Gasteiger charge is 2.37. The minimum atomic E-state index is 0.683. The third kappa shape index (κ3) is 3.55. The van der Waals surface area contributed by atoms with Crippen molar-refractivity contribution in [3.05, 3.63) is 0 Å². The van der Waals surface area contributed by atoms with E-state index in [1.54, 1.807) is 0 Å². The molecule has 0 amide bonds. The number of likely N-dealkylation sites (N-methyl/N-ethyl adjacent to an activating group) is 2. The van der Waals surface area contributed by atoms with Crippen LogP contribution in [0.15, 0.2) is 0 Å². The van der Waals surface area contributed by atoms with Gasteiger partial charge in [-0.25, -0.2) is 0 Å². The van der Waals surface area contributed by atoms with Crippen molar-refractivity contribution in [2.24, 2.45) is 5.92 Å². The molecule has 3 nitrogen and oxygen atoms in total. The molecule has 1 aliphatic heterocycles. The Morgan fingerprint density at radius 3 is 2.30 bits per heavy atom. The lowest BCUT2D eigenvalue weighted by atomic mass is 9.79. The second kappa shape index (κ2) is 7.24. The number of nitrogens with one attached hydrogen (secondary N) is 1. The van der Waals surface area contributed by atoms with E-state index < -0.39 is 0 Å². The molecule has 1 saturated carbocycles. The number of hydrogen-bond donors (Lipinski definition) is 1. The van der Waals surface area contributed by atoms with Gasteiger partial charge in [0.1, 0.15) is 0 Å². The van der Waals surface area contributed by atoms with Crippen LogP contribution in [0.1, 0.15) is 52.9 Å². The Labute approximate surface area is 126 Å². The lowest BCUT2D eigenvalue weighted by Crippen LogP contribution is -2.62. The number of piperazine rings is 1. The van der Waals surface area contributed by atoms with Crippen molar-refractivity contribution in [3.63, 3.8) is 0 Å². The van der Waals surface area contributed by atoms with Crippen LogP contribution in [0.3, 0.4) is 0 Å². The highest BCUT2D eigenvalue weighted by molar-refractivity contribution is 4.95. The van der Waals surface area contributed by atoms with Gasteiger partial charge in [-0.1, -0.05) is 19.8 Å². The van der Waals surface area contributed by atoms with Crippen LogP contribution < -0.4 is 5.32 Å².